The number of nitrogens with two attached hydrogens (primary N) is 1. The molecule has 0 bridgehead atoms. The Kier molecular flexibility index (Phi) is 7.52. The highest BCUT2D eigenvalue weighted by atomic mass is 16.3. The Labute approximate surface area is 217 Å². The predicted octanol–water partition coefficient (Wildman–Crippen LogP) is 3.50. The molecule has 1 aliphatic heterocycles. The Morgan fingerprint density at radius 1 is 0.946 bits per heavy atom. The number of rotatable bonds is 8. The summed E-state index contributed by atoms with van der Waals surface area (Å²) < 4.78 is 0. The van der Waals surface area contributed by atoms with Crippen molar-refractivity contribution >= 4 is 28.9 Å². The molecule has 0 spiro atoms. The molecule has 2 atom stereocenters. The van der Waals surface area contributed by atoms with Crippen molar-refractivity contribution in [3.05, 3.63) is 60.3 Å². The predicted molar refractivity (Wildman–Crippen MR) is 147 cm³/mol. The molecule has 1 aromatic heterocycles. The van der Waals surface area contributed by atoms with E-state index in [1.165, 1.54) is 5.69 Å². The molecular formula is C28H35N7O2. The summed E-state index contributed by atoms with van der Waals surface area (Å²) in [6.45, 7) is 2.03. The van der Waals surface area contributed by atoms with E-state index >= 15 is 0 Å². The summed E-state index contributed by atoms with van der Waals surface area (Å²) >= 11 is 0. The minimum Gasteiger partial charge on any atom is -0.393 e. The molecule has 6 N–H and O–H groups in total. The quantitative estimate of drug-likeness (QED) is 0.317. The molecule has 3 aromatic rings. The maximum atomic E-state index is 12.4. The average Bonchev–Trinajstić information content (AvgIpc) is 3.34. The van der Waals surface area contributed by atoms with Crippen molar-refractivity contribution in [2.24, 2.45) is 5.73 Å². The van der Waals surface area contributed by atoms with Crippen LogP contribution in [0, 0.1) is 0 Å². The summed E-state index contributed by atoms with van der Waals surface area (Å²) in [5.41, 5.74) is 9.17. The zero-order valence-corrected chi connectivity index (χ0v) is 21.2. The van der Waals surface area contributed by atoms with E-state index in [2.05, 4.69) is 38.0 Å². The number of aliphatic hydroxyl groups is 1. The lowest BCUT2D eigenvalue weighted by atomic mass is 10.0. The van der Waals surface area contributed by atoms with Crippen molar-refractivity contribution in [3.8, 4) is 11.3 Å². The van der Waals surface area contributed by atoms with Gasteiger partial charge in [-0.05, 0) is 63.4 Å². The number of amides is 1. The number of nitrogens with one attached hydrogen (secondary N) is 3. The van der Waals surface area contributed by atoms with Crippen molar-refractivity contribution < 1.29 is 9.90 Å². The molecule has 1 saturated heterocycles. The van der Waals surface area contributed by atoms with Gasteiger partial charge >= 0.3 is 0 Å². The number of benzene rings is 2. The molecule has 9 heteroatoms. The third-order valence-electron chi connectivity index (χ3n) is 7.32. The smallest absolute Gasteiger partial charge is 0.271 e. The van der Waals surface area contributed by atoms with Crippen molar-refractivity contribution in [2.75, 3.05) is 35.7 Å². The first-order valence-electron chi connectivity index (χ1n) is 13.0. The standard InChI is InChI=1S/C28H35N7O2/c1-30-19-13-15-35(16-14-19)22-10-7-20(8-11-22)31-28-25(26(29)37)33-24(18-5-3-2-4-6-18)27(34-28)32-21-9-12-23(36)17-21/h2-8,10-11,19,21,23,30,36H,9,12-17H2,1H3,(H2,29,37)(H2,31,32,34)/t21-,23+/m1/s1. The second kappa shape index (κ2) is 11.1. The second-order valence-corrected chi connectivity index (χ2v) is 9.88. The van der Waals surface area contributed by atoms with E-state index in [-0.39, 0.29) is 17.8 Å². The molecule has 2 aliphatic rings. The van der Waals surface area contributed by atoms with Gasteiger partial charge < -0.3 is 31.7 Å². The number of nitrogens with zero attached hydrogens (tertiary/aromatic N) is 3. The Bertz CT molecular complexity index is 1210. The first-order valence-corrected chi connectivity index (χ1v) is 13.0. The third-order valence-corrected chi connectivity index (χ3v) is 7.32. The summed E-state index contributed by atoms with van der Waals surface area (Å²) in [6, 6.07) is 18.4. The summed E-state index contributed by atoms with van der Waals surface area (Å²) in [7, 11) is 2.02. The van der Waals surface area contributed by atoms with Gasteiger partial charge in [0.25, 0.3) is 5.91 Å². The lowest BCUT2D eigenvalue weighted by Gasteiger charge is -2.33. The zero-order valence-electron chi connectivity index (χ0n) is 21.2. The van der Waals surface area contributed by atoms with E-state index in [1.54, 1.807) is 0 Å². The Hall–Kier alpha value is -3.69. The Morgan fingerprint density at radius 3 is 2.30 bits per heavy atom. The second-order valence-electron chi connectivity index (χ2n) is 9.88. The van der Waals surface area contributed by atoms with Crippen molar-refractivity contribution in [1.82, 2.24) is 15.3 Å². The summed E-state index contributed by atoms with van der Waals surface area (Å²) in [5, 5.41) is 20.1. The van der Waals surface area contributed by atoms with Gasteiger partial charge in [0.15, 0.2) is 17.3 Å². The number of carbonyl (C=O) groups is 1. The number of hydrogen-bond donors (Lipinski definition) is 5. The molecule has 5 rings (SSSR count). The molecule has 194 valence electrons. The highest BCUT2D eigenvalue weighted by Gasteiger charge is 2.26. The molecular weight excluding hydrogens is 466 g/mol. The van der Waals surface area contributed by atoms with E-state index in [4.69, 9.17) is 10.7 Å². The van der Waals surface area contributed by atoms with E-state index in [0.29, 0.717) is 29.8 Å². The minimum atomic E-state index is -0.654. The molecule has 1 aliphatic carbocycles. The SMILES string of the molecule is CNC1CCN(c2ccc(Nc3nc(N[C@@H]4CC[C@H](O)C4)c(-c4ccccc4)nc3C(N)=O)cc2)CC1. The Morgan fingerprint density at radius 2 is 1.68 bits per heavy atom. The number of primary amides is 1. The first-order chi connectivity index (χ1) is 18.0. The van der Waals surface area contributed by atoms with Crippen LogP contribution in [0.4, 0.5) is 23.0 Å². The third kappa shape index (κ3) is 5.84. The monoisotopic (exact) mass is 501 g/mol. The summed E-state index contributed by atoms with van der Waals surface area (Å²) in [6.07, 6.45) is 4.14. The number of aromatic nitrogens is 2. The van der Waals surface area contributed by atoms with Gasteiger partial charge in [0.2, 0.25) is 0 Å². The van der Waals surface area contributed by atoms with Gasteiger partial charge in [-0.25, -0.2) is 9.97 Å². The number of hydrogen-bond acceptors (Lipinski definition) is 8. The topological polar surface area (TPSA) is 128 Å². The van der Waals surface area contributed by atoms with Gasteiger partial charge in [-0.3, -0.25) is 4.79 Å². The maximum Gasteiger partial charge on any atom is 0.271 e. The zero-order chi connectivity index (χ0) is 25.8. The minimum absolute atomic E-state index is 0.0744. The number of aliphatic hydroxyl groups excluding tert-OH is 1. The molecule has 2 heterocycles. The fourth-order valence-electron chi connectivity index (χ4n) is 5.19. The van der Waals surface area contributed by atoms with Gasteiger partial charge in [-0.1, -0.05) is 30.3 Å². The van der Waals surface area contributed by atoms with Crippen LogP contribution in [0.25, 0.3) is 11.3 Å². The summed E-state index contributed by atoms with van der Waals surface area (Å²) in [5.74, 6) is 0.205. The summed E-state index contributed by atoms with van der Waals surface area (Å²) in [4.78, 5) is 24.3. The van der Waals surface area contributed by atoms with Gasteiger partial charge in [0, 0.05) is 42.1 Å². The van der Waals surface area contributed by atoms with Crippen LogP contribution in [0.5, 0.6) is 0 Å². The van der Waals surface area contributed by atoms with Crippen LogP contribution in [0.1, 0.15) is 42.6 Å². The first kappa shape index (κ1) is 25.0. The van der Waals surface area contributed by atoms with Crippen molar-refractivity contribution in [2.45, 2.75) is 50.3 Å². The largest absolute Gasteiger partial charge is 0.393 e. The molecule has 2 fully saturated rings. The number of anilines is 4. The lowest BCUT2D eigenvalue weighted by Crippen LogP contribution is -2.41. The van der Waals surface area contributed by atoms with Crippen molar-refractivity contribution in [1.29, 1.82) is 0 Å². The van der Waals surface area contributed by atoms with Gasteiger partial charge in [-0.2, -0.15) is 0 Å². The molecule has 1 saturated carbocycles. The average molecular weight is 502 g/mol. The van der Waals surface area contributed by atoms with Crippen LogP contribution in [-0.2, 0) is 0 Å². The van der Waals surface area contributed by atoms with Gasteiger partial charge in [-0.15, -0.1) is 0 Å². The fourth-order valence-corrected chi connectivity index (χ4v) is 5.19. The van der Waals surface area contributed by atoms with Crippen LogP contribution < -0.4 is 26.6 Å². The maximum absolute atomic E-state index is 12.4. The fraction of sp³-hybridized carbons (Fsp3) is 0.393. The highest BCUT2D eigenvalue weighted by molar-refractivity contribution is 5.97. The van der Waals surface area contributed by atoms with Crippen LogP contribution in [0.3, 0.4) is 0 Å². The Balaban J connectivity index is 1.42. The van der Waals surface area contributed by atoms with Gasteiger partial charge in [0.1, 0.15) is 5.69 Å². The van der Waals surface area contributed by atoms with Crippen LogP contribution in [-0.4, -0.2) is 59.3 Å². The molecule has 0 radical (unpaired) electrons. The van der Waals surface area contributed by atoms with Gasteiger partial charge in [0.05, 0.1) is 6.10 Å². The molecule has 37 heavy (non-hydrogen) atoms. The number of carbonyl (C=O) groups excluding carboxylic acids is 1. The van der Waals surface area contributed by atoms with Crippen LogP contribution >= 0.6 is 0 Å². The van der Waals surface area contributed by atoms with Crippen molar-refractivity contribution in [3.63, 3.8) is 0 Å². The normalized spacial score (nSPS) is 20.1. The van der Waals surface area contributed by atoms with E-state index < -0.39 is 5.91 Å². The van der Waals surface area contributed by atoms with E-state index in [0.717, 1.165) is 50.0 Å². The highest BCUT2D eigenvalue weighted by Crippen LogP contribution is 2.32. The van der Waals surface area contributed by atoms with E-state index in [1.807, 2.05) is 49.5 Å². The van der Waals surface area contributed by atoms with Crippen LogP contribution in [0.15, 0.2) is 54.6 Å². The number of piperidine rings is 1. The van der Waals surface area contributed by atoms with E-state index in [9.17, 15) is 9.90 Å². The molecule has 9 nitrogen and oxygen atoms in total. The molecule has 0 unspecified atom stereocenters. The molecule has 2 aromatic carbocycles. The van der Waals surface area contributed by atoms with Crippen LogP contribution in [0.2, 0.25) is 0 Å². The molecule has 1 amide bonds. The lowest BCUT2D eigenvalue weighted by molar-refractivity contribution is 0.0996.